The summed E-state index contributed by atoms with van der Waals surface area (Å²) in [6, 6.07) is 4.20. The number of para-hydroxylation sites is 1. The predicted octanol–water partition coefficient (Wildman–Crippen LogP) is 3.47. The molecule has 0 aliphatic rings. The highest BCUT2D eigenvalue weighted by molar-refractivity contribution is 5.79. The molecule has 5 nitrogen and oxygen atoms in total. The first-order valence-electron chi connectivity index (χ1n) is 5.54. The van der Waals surface area contributed by atoms with Crippen LogP contribution in [0, 0.1) is 10.1 Å². The van der Waals surface area contributed by atoms with Crippen molar-refractivity contribution in [2.75, 3.05) is 0 Å². The first-order valence-corrected chi connectivity index (χ1v) is 5.54. The van der Waals surface area contributed by atoms with Gasteiger partial charge in [-0.15, -0.1) is 0 Å². The van der Waals surface area contributed by atoms with E-state index in [0.29, 0.717) is 0 Å². The smallest absolute Gasteiger partial charge is 0.456 e. The minimum Gasteiger partial charge on any atom is -0.456 e. The minimum atomic E-state index is -6.69. The van der Waals surface area contributed by atoms with Gasteiger partial charge in [-0.3, -0.25) is 10.1 Å². The molecule has 12 heteroatoms. The topological polar surface area (TPSA) is 69.4 Å². The number of carbonyl (C=O) groups excluding carboxylic acids is 1. The van der Waals surface area contributed by atoms with Crippen LogP contribution in [0.5, 0.6) is 0 Å². The van der Waals surface area contributed by atoms with Gasteiger partial charge in [-0.25, -0.2) is 4.79 Å². The zero-order valence-corrected chi connectivity index (χ0v) is 10.7. The third-order valence-electron chi connectivity index (χ3n) is 2.55. The van der Waals surface area contributed by atoms with Crippen LogP contribution in [0.3, 0.4) is 0 Å². The monoisotopic (exact) mass is 349 g/mol. The first kappa shape index (κ1) is 18.6. The van der Waals surface area contributed by atoms with Gasteiger partial charge in [-0.05, 0) is 6.07 Å². The Morgan fingerprint density at radius 1 is 1.09 bits per heavy atom. The number of alkyl halides is 7. The van der Waals surface area contributed by atoms with E-state index in [1.165, 1.54) is 12.1 Å². The fourth-order valence-corrected chi connectivity index (χ4v) is 1.35. The summed E-state index contributed by atoms with van der Waals surface area (Å²) < 4.78 is 90.5. The van der Waals surface area contributed by atoms with Gasteiger partial charge >= 0.3 is 24.0 Å². The van der Waals surface area contributed by atoms with Crippen LogP contribution in [0.1, 0.15) is 5.56 Å². The molecule has 0 spiro atoms. The van der Waals surface area contributed by atoms with E-state index < -0.39 is 46.8 Å². The standard InChI is InChI=1S/C11H6F7NO4/c12-9(13,10(14,15)11(16,17)18)8(20)23-5-6-3-1-2-4-7(6)19(21)22/h1-4H,5H2. The number of nitro groups is 1. The van der Waals surface area contributed by atoms with E-state index in [-0.39, 0.29) is 0 Å². The van der Waals surface area contributed by atoms with E-state index in [1.807, 2.05) is 0 Å². The van der Waals surface area contributed by atoms with Crippen molar-refractivity contribution < 1.29 is 45.2 Å². The van der Waals surface area contributed by atoms with Gasteiger partial charge in [0.1, 0.15) is 6.61 Å². The van der Waals surface area contributed by atoms with Crippen LogP contribution in [-0.4, -0.2) is 28.9 Å². The highest BCUT2D eigenvalue weighted by Gasteiger charge is 2.77. The minimum absolute atomic E-state index is 0.461. The van der Waals surface area contributed by atoms with Crippen molar-refractivity contribution in [3.8, 4) is 0 Å². The molecule has 0 fully saturated rings. The van der Waals surface area contributed by atoms with E-state index in [0.717, 1.165) is 12.1 Å². The van der Waals surface area contributed by atoms with Crippen molar-refractivity contribution in [1.29, 1.82) is 0 Å². The maximum Gasteiger partial charge on any atom is 0.460 e. The summed E-state index contributed by atoms with van der Waals surface area (Å²) in [5, 5.41) is 10.6. The highest BCUT2D eigenvalue weighted by Crippen LogP contribution is 2.47. The number of nitro benzene ring substituents is 1. The SMILES string of the molecule is O=C(OCc1ccccc1[N+](=O)[O-])C(F)(F)C(F)(F)C(F)(F)F. The molecule has 1 rings (SSSR count). The van der Waals surface area contributed by atoms with E-state index in [9.17, 15) is 45.6 Å². The number of rotatable bonds is 5. The molecule has 1 aromatic rings. The molecule has 0 heterocycles. The molecular formula is C11H6F7NO4. The van der Waals surface area contributed by atoms with Crippen molar-refractivity contribution in [3.05, 3.63) is 39.9 Å². The third kappa shape index (κ3) is 3.51. The van der Waals surface area contributed by atoms with Gasteiger partial charge in [0.15, 0.2) is 0 Å². The van der Waals surface area contributed by atoms with E-state index in [1.54, 1.807) is 0 Å². The van der Waals surface area contributed by atoms with E-state index >= 15 is 0 Å². The Kier molecular flexibility index (Phi) is 4.87. The number of nitrogens with zero attached hydrogens (tertiary/aromatic N) is 1. The van der Waals surface area contributed by atoms with Crippen LogP contribution in [-0.2, 0) is 16.1 Å². The van der Waals surface area contributed by atoms with Crippen LogP contribution < -0.4 is 0 Å². The van der Waals surface area contributed by atoms with E-state index in [2.05, 4.69) is 4.74 Å². The number of hydrogen-bond acceptors (Lipinski definition) is 4. The Hall–Kier alpha value is -2.40. The lowest BCUT2D eigenvalue weighted by Gasteiger charge is -2.26. The molecule has 0 aromatic heterocycles. The Bertz CT molecular complexity index is 615. The number of carbonyl (C=O) groups is 1. The van der Waals surface area contributed by atoms with Crippen molar-refractivity contribution in [2.24, 2.45) is 0 Å². The zero-order valence-electron chi connectivity index (χ0n) is 10.7. The van der Waals surface area contributed by atoms with Crippen molar-refractivity contribution in [1.82, 2.24) is 0 Å². The average molecular weight is 349 g/mol. The normalized spacial score (nSPS) is 12.8. The molecule has 0 aliphatic carbocycles. The van der Waals surface area contributed by atoms with Crippen LogP contribution >= 0.6 is 0 Å². The van der Waals surface area contributed by atoms with Gasteiger partial charge in [-0.1, -0.05) is 12.1 Å². The second-order valence-electron chi connectivity index (χ2n) is 4.11. The summed E-state index contributed by atoms with van der Waals surface area (Å²) in [4.78, 5) is 20.5. The summed E-state index contributed by atoms with van der Waals surface area (Å²) in [5.41, 5.74) is -1.15. The lowest BCUT2D eigenvalue weighted by molar-refractivity contribution is -0.386. The Balaban J connectivity index is 2.95. The zero-order chi connectivity index (χ0) is 18.1. The second kappa shape index (κ2) is 6.01. The van der Waals surface area contributed by atoms with Crippen LogP contribution in [0.25, 0.3) is 0 Å². The van der Waals surface area contributed by atoms with Gasteiger partial charge in [0.25, 0.3) is 5.69 Å². The van der Waals surface area contributed by atoms with Crippen LogP contribution in [0.4, 0.5) is 36.4 Å². The molecule has 128 valence electrons. The number of esters is 1. The van der Waals surface area contributed by atoms with Gasteiger partial charge in [0, 0.05) is 6.07 Å². The Morgan fingerprint density at radius 2 is 1.61 bits per heavy atom. The lowest BCUT2D eigenvalue weighted by Crippen LogP contribution is -2.56. The number of ether oxygens (including phenoxy) is 1. The maximum atomic E-state index is 13.0. The highest BCUT2D eigenvalue weighted by atomic mass is 19.4. The largest absolute Gasteiger partial charge is 0.460 e. The molecule has 0 saturated carbocycles. The van der Waals surface area contributed by atoms with Gasteiger partial charge in [-0.2, -0.15) is 30.7 Å². The summed E-state index contributed by atoms with van der Waals surface area (Å²) >= 11 is 0. The van der Waals surface area contributed by atoms with Crippen LogP contribution in [0.15, 0.2) is 24.3 Å². The summed E-state index contributed by atoms with van der Waals surface area (Å²) in [5.74, 6) is -16.0. The van der Waals surface area contributed by atoms with Gasteiger partial charge in [0.2, 0.25) is 0 Å². The molecule has 1 aromatic carbocycles. The molecule has 0 bridgehead atoms. The maximum absolute atomic E-state index is 13.0. The van der Waals surface area contributed by atoms with Crippen molar-refractivity contribution in [2.45, 2.75) is 24.6 Å². The van der Waals surface area contributed by atoms with E-state index in [4.69, 9.17) is 0 Å². The van der Waals surface area contributed by atoms with Crippen LogP contribution in [0.2, 0.25) is 0 Å². The lowest BCUT2D eigenvalue weighted by atomic mass is 10.1. The quantitative estimate of drug-likeness (QED) is 0.353. The number of halogens is 7. The molecule has 0 amide bonds. The number of hydrogen-bond donors (Lipinski definition) is 0. The first-order chi connectivity index (χ1) is 10.3. The summed E-state index contributed by atoms with van der Waals surface area (Å²) in [6.07, 6.45) is -6.69. The van der Waals surface area contributed by atoms with Gasteiger partial charge in [0.05, 0.1) is 10.5 Å². The summed E-state index contributed by atoms with van der Waals surface area (Å²) in [7, 11) is 0. The average Bonchev–Trinajstić information content (AvgIpc) is 2.43. The van der Waals surface area contributed by atoms with Crippen molar-refractivity contribution >= 4 is 11.7 Å². The predicted molar refractivity (Wildman–Crippen MR) is 58.8 cm³/mol. The molecule has 23 heavy (non-hydrogen) atoms. The fraction of sp³-hybridized carbons (Fsp3) is 0.364. The van der Waals surface area contributed by atoms with Crippen molar-refractivity contribution in [3.63, 3.8) is 0 Å². The molecular weight excluding hydrogens is 343 g/mol. The molecule has 0 radical (unpaired) electrons. The Labute approximate surface area is 122 Å². The fourth-order valence-electron chi connectivity index (χ4n) is 1.35. The Morgan fingerprint density at radius 3 is 2.09 bits per heavy atom. The molecule has 0 unspecified atom stereocenters. The molecule has 0 atom stereocenters. The third-order valence-corrected chi connectivity index (χ3v) is 2.55. The molecule has 0 saturated heterocycles. The van der Waals surface area contributed by atoms with Gasteiger partial charge < -0.3 is 4.74 Å². The summed E-state index contributed by atoms with van der Waals surface area (Å²) in [6.45, 7) is -1.28. The second-order valence-corrected chi connectivity index (χ2v) is 4.11. The number of benzene rings is 1. The molecule has 0 N–H and O–H groups in total. The molecule has 0 aliphatic heterocycles.